The quantitative estimate of drug-likeness (QED) is 0.286. The first-order valence-electron chi connectivity index (χ1n) is 12.9. The fourth-order valence-electron chi connectivity index (χ4n) is 4.45. The largest absolute Gasteiger partial charge is 0.497 e. The number of methoxy groups -OCH3 is 1. The molecule has 0 aliphatic carbocycles. The summed E-state index contributed by atoms with van der Waals surface area (Å²) in [6.07, 6.45) is 1.35. The van der Waals surface area contributed by atoms with Crippen LogP contribution in [0.3, 0.4) is 0 Å². The molecule has 5 heteroatoms. The zero-order valence-corrected chi connectivity index (χ0v) is 21.8. The summed E-state index contributed by atoms with van der Waals surface area (Å²) in [5.41, 5.74) is 4.02. The second kappa shape index (κ2) is 13.8. The van der Waals surface area contributed by atoms with Crippen LogP contribution in [0.2, 0.25) is 0 Å². The molecule has 194 valence electrons. The topological polar surface area (TPSA) is 58.6 Å². The Bertz CT molecular complexity index is 1280. The van der Waals surface area contributed by atoms with Crippen LogP contribution in [-0.4, -0.2) is 36.4 Å². The van der Waals surface area contributed by atoms with Crippen LogP contribution >= 0.6 is 0 Å². The van der Waals surface area contributed by atoms with E-state index in [1.165, 1.54) is 0 Å². The number of nitrogens with zero attached hydrogens (tertiary/aromatic N) is 1. The Kier molecular flexibility index (Phi) is 9.69. The van der Waals surface area contributed by atoms with Gasteiger partial charge in [-0.2, -0.15) is 0 Å². The van der Waals surface area contributed by atoms with Gasteiger partial charge < -0.3 is 15.0 Å². The van der Waals surface area contributed by atoms with Gasteiger partial charge in [-0.1, -0.05) is 103 Å². The van der Waals surface area contributed by atoms with E-state index in [-0.39, 0.29) is 18.2 Å². The van der Waals surface area contributed by atoms with Crippen molar-refractivity contribution >= 4 is 11.8 Å². The first-order chi connectivity index (χ1) is 18.6. The van der Waals surface area contributed by atoms with Gasteiger partial charge >= 0.3 is 0 Å². The molecule has 5 nitrogen and oxygen atoms in total. The van der Waals surface area contributed by atoms with Crippen LogP contribution in [-0.2, 0) is 35.4 Å². The second-order valence-electron chi connectivity index (χ2n) is 9.26. The normalized spacial score (nSPS) is 11.4. The Morgan fingerprint density at radius 3 is 1.84 bits per heavy atom. The van der Waals surface area contributed by atoms with Crippen LogP contribution in [0.25, 0.3) is 0 Å². The van der Waals surface area contributed by atoms with Crippen LogP contribution in [0.1, 0.15) is 22.3 Å². The summed E-state index contributed by atoms with van der Waals surface area (Å²) in [7, 11) is 1.64. The Balaban J connectivity index is 1.56. The van der Waals surface area contributed by atoms with Crippen molar-refractivity contribution in [2.24, 2.45) is 0 Å². The summed E-state index contributed by atoms with van der Waals surface area (Å²) >= 11 is 0. The van der Waals surface area contributed by atoms with E-state index in [1.54, 1.807) is 12.0 Å². The van der Waals surface area contributed by atoms with Gasteiger partial charge in [-0.15, -0.1) is 0 Å². The van der Waals surface area contributed by atoms with E-state index in [1.807, 2.05) is 115 Å². The summed E-state index contributed by atoms with van der Waals surface area (Å²) in [5, 5.41) is 3.10. The van der Waals surface area contributed by atoms with Crippen molar-refractivity contribution in [3.8, 4) is 5.75 Å². The van der Waals surface area contributed by atoms with Crippen molar-refractivity contribution in [3.05, 3.63) is 138 Å². The molecular weight excluding hydrogens is 472 g/mol. The van der Waals surface area contributed by atoms with E-state index < -0.39 is 6.04 Å². The third-order valence-corrected chi connectivity index (χ3v) is 6.54. The fourth-order valence-corrected chi connectivity index (χ4v) is 4.45. The average molecular weight is 507 g/mol. The van der Waals surface area contributed by atoms with Crippen molar-refractivity contribution in [3.63, 3.8) is 0 Å². The van der Waals surface area contributed by atoms with E-state index >= 15 is 0 Å². The highest BCUT2D eigenvalue weighted by atomic mass is 16.5. The number of carbonyl (C=O) groups excluding carboxylic acids is 2. The van der Waals surface area contributed by atoms with Crippen LogP contribution < -0.4 is 10.1 Å². The summed E-state index contributed by atoms with van der Waals surface area (Å²) in [5.74, 6) is 0.570. The Hall–Kier alpha value is -4.38. The first-order valence-corrected chi connectivity index (χ1v) is 12.9. The third-order valence-electron chi connectivity index (χ3n) is 6.54. The molecule has 0 heterocycles. The van der Waals surface area contributed by atoms with E-state index in [0.717, 1.165) is 28.0 Å². The van der Waals surface area contributed by atoms with Gasteiger partial charge in [-0.05, 0) is 40.8 Å². The SMILES string of the molecule is COc1ccc(CCNC(=O)C(Cc2ccccc2)N(Cc2ccccc2)C(=O)Cc2ccccc2)cc1. The van der Waals surface area contributed by atoms with E-state index in [4.69, 9.17) is 4.74 Å². The molecule has 0 aliphatic heterocycles. The predicted octanol–water partition coefficient (Wildman–Crippen LogP) is 5.24. The summed E-state index contributed by atoms with van der Waals surface area (Å²) in [6, 6.07) is 36.6. The zero-order valence-electron chi connectivity index (χ0n) is 21.8. The summed E-state index contributed by atoms with van der Waals surface area (Å²) in [6.45, 7) is 0.832. The summed E-state index contributed by atoms with van der Waals surface area (Å²) in [4.78, 5) is 29.2. The second-order valence-corrected chi connectivity index (χ2v) is 9.26. The van der Waals surface area contributed by atoms with E-state index in [9.17, 15) is 9.59 Å². The van der Waals surface area contributed by atoms with Crippen molar-refractivity contribution in [2.45, 2.75) is 31.8 Å². The number of amides is 2. The predicted molar refractivity (Wildman–Crippen MR) is 151 cm³/mol. The lowest BCUT2D eigenvalue weighted by atomic mass is 10.0. The Labute approximate surface area is 225 Å². The third kappa shape index (κ3) is 7.81. The number of ether oxygens (including phenoxy) is 1. The average Bonchev–Trinajstić information content (AvgIpc) is 2.97. The van der Waals surface area contributed by atoms with Gasteiger partial charge in [0, 0.05) is 19.5 Å². The van der Waals surface area contributed by atoms with Crippen molar-refractivity contribution in [1.82, 2.24) is 10.2 Å². The van der Waals surface area contributed by atoms with Gasteiger partial charge in [-0.25, -0.2) is 0 Å². The molecular formula is C33H34N2O3. The molecule has 0 aliphatic rings. The highest BCUT2D eigenvalue weighted by Gasteiger charge is 2.30. The van der Waals surface area contributed by atoms with E-state index in [2.05, 4.69) is 5.32 Å². The van der Waals surface area contributed by atoms with Crippen molar-refractivity contribution < 1.29 is 14.3 Å². The molecule has 0 spiro atoms. The number of carbonyl (C=O) groups is 2. The minimum Gasteiger partial charge on any atom is -0.497 e. The maximum atomic E-state index is 13.7. The molecule has 1 N–H and O–H groups in total. The number of hydrogen-bond donors (Lipinski definition) is 1. The van der Waals surface area contributed by atoms with Gasteiger partial charge in [0.15, 0.2) is 0 Å². The molecule has 1 unspecified atom stereocenters. The molecule has 0 saturated heterocycles. The molecule has 0 fully saturated rings. The molecule has 0 radical (unpaired) electrons. The van der Waals surface area contributed by atoms with Gasteiger partial charge in [0.1, 0.15) is 11.8 Å². The lowest BCUT2D eigenvalue weighted by Crippen LogP contribution is -2.51. The van der Waals surface area contributed by atoms with Gasteiger partial charge in [-0.3, -0.25) is 9.59 Å². The Morgan fingerprint density at radius 2 is 1.26 bits per heavy atom. The first kappa shape index (κ1) is 26.7. The minimum absolute atomic E-state index is 0.0775. The van der Waals surface area contributed by atoms with Crippen molar-refractivity contribution in [2.75, 3.05) is 13.7 Å². The number of benzene rings is 4. The lowest BCUT2D eigenvalue weighted by molar-refractivity contribution is -0.140. The molecule has 4 rings (SSSR count). The summed E-state index contributed by atoms with van der Waals surface area (Å²) < 4.78 is 5.23. The fraction of sp³-hybridized carbons (Fsp3) is 0.212. The van der Waals surface area contributed by atoms with Crippen LogP contribution in [0, 0.1) is 0 Å². The molecule has 0 saturated carbocycles. The molecule has 1 atom stereocenters. The molecule has 4 aromatic carbocycles. The van der Waals surface area contributed by atoms with Crippen LogP contribution in [0.15, 0.2) is 115 Å². The van der Waals surface area contributed by atoms with Gasteiger partial charge in [0.25, 0.3) is 0 Å². The Morgan fingerprint density at radius 1 is 0.711 bits per heavy atom. The minimum atomic E-state index is -0.648. The van der Waals surface area contributed by atoms with Crippen LogP contribution in [0.5, 0.6) is 5.75 Å². The number of rotatable bonds is 12. The maximum absolute atomic E-state index is 13.7. The monoisotopic (exact) mass is 506 g/mol. The van der Waals surface area contributed by atoms with E-state index in [0.29, 0.717) is 25.9 Å². The molecule has 4 aromatic rings. The molecule has 0 aromatic heterocycles. The van der Waals surface area contributed by atoms with Gasteiger partial charge in [0.05, 0.1) is 13.5 Å². The smallest absolute Gasteiger partial charge is 0.243 e. The number of nitrogens with one attached hydrogen (secondary N) is 1. The number of hydrogen-bond acceptors (Lipinski definition) is 3. The highest BCUT2D eigenvalue weighted by molar-refractivity contribution is 5.88. The maximum Gasteiger partial charge on any atom is 0.243 e. The molecule has 0 bridgehead atoms. The lowest BCUT2D eigenvalue weighted by Gasteiger charge is -2.31. The highest BCUT2D eigenvalue weighted by Crippen LogP contribution is 2.17. The molecule has 38 heavy (non-hydrogen) atoms. The van der Waals surface area contributed by atoms with Gasteiger partial charge in [0.2, 0.25) is 11.8 Å². The van der Waals surface area contributed by atoms with Crippen molar-refractivity contribution in [1.29, 1.82) is 0 Å². The zero-order chi connectivity index (χ0) is 26.6. The molecule has 2 amide bonds. The standard InChI is InChI=1S/C33H34N2O3/c1-38-30-19-17-26(18-20-30)21-22-34-33(37)31(23-27-11-5-2-6-12-27)35(25-29-15-9-4-10-16-29)32(36)24-28-13-7-3-8-14-28/h2-20,31H,21-25H2,1H3,(H,34,37). The van der Waals surface area contributed by atoms with Crippen LogP contribution in [0.4, 0.5) is 0 Å².